The number of anilines is 2. The lowest BCUT2D eigenvalue weighted by atomic mass is 10.0. The molecule has 0 fully saturated rings. The van der Waals surface area contributed by atoms with Crippen LogP contribution in [0.5, 0.6) is 0 Å². The highest BCUT2D eigenvalue weighted by Gasteiger charge is 2.21. The third-order valence-electron chi connectivity index (χ3n) is 4.92. The lowest BCUT2D eigenvalue weighted by Crippen LogP contribution is -2.31. The molecule has 1 atom stereocenters. The fraction of sp³-hybridized carbons (Fsp3) is 0.417. The van der Waals surface area contributed by atoms with Crippen molar-refractivity contribution in [3.8, 4) is 0 Å². The van der Waals surface area contributed by atoms with E-state index in [4.69, 9.17) is 4.74 Å². The van der Waals surface area contributed by atoms with Gasteiger partial charge in [-0.15, -0.1) is 0 Å². The van der Waals surface area contributed by atoms with E-state index in [1.165, 1.54) is 0 Å². The Morgan fingerprint density at radius 1 is 1.12 bits per heavy atom. The zero-order valence-corrected chi connectivity index (χ0v) is 19.3. The highest BCUT2D eigenvalue weighted by atomic mass is 16.6. The Kier molecular flexibility index (Phi) is 7.12. The Morgan fingerprint density at radius 3 is 2.47 bits per heavy atom. The largest absolute Gasteiger partial charge is 0.460 e. The maximum absolute atomic E-state index is 13.5. The van der Waals surface area contributed by atoms with Gasteiger partial charge in [-0.25, -0.2) is 9.97 Å². The van der Waals surface area contributed by atoms with Crippen LogP contribution < -0.4 is 16.2 Å². The van der Waals surface area contributed by atoms with Crippen LogP contribution >= 0.6 is 0 Å². The number of carbonyl (C=O) groups excluding carboxylic acids is 1. The van der Waals surface area contributed by atoms with E-state index in [0.29, 0.717) is 23.4 Å². The molecule has 2 aromatic heterocycles. The highest BCUT2D eigenvalue weighted by Crippen LogP contribution is 2.25. The van der Waals surface area contributed by atoms with Crippen molar-refractivity contribution in [3.05, 3.63) is 58.4 Å². The van der Waals surface area contributed by atoms with Gasteiger partial charge < -0.3 is 15.4 Å². The predicted octanol–water partition coefficient (Wildman–Crippen LogP) is 3.98. The smallest absolute Gasteiger partial charge is 0.308 e. The third-order valence-corrected chi connectivity index (χ3v) is 4.92. The van der Waals surface area contributed by atoms with Crippen LogP contribution in [-0.4, -0.2) is 39.7 Å². The summed E-state index contributed by atoms with van der Waals surface area (Å²) >= 11 is 0. The molecule has 170 valence electrons. The Balaban J connectivity index is 2.01. The van der Waals surface area contributed by atoms with E-state index in [-0.39, 0.29) is 36.4 Å². The van der Waals surface area contributed by atoms with E-state index in [2.05, 4.69) is 20.6 Å². The number of esters is 1. The molecule has 0 unspecified atom stereocenters. The predicted molar refractivity (Wildman–Crippen MR) is 127 cm³/mol. The number of hydrogen-bond acceptors (Lipinski definition) is 7. The van der Waals surface area contributed by atoms with Gasteiger partial charge in [0.2, 0.25) is 0 Å². The standard InChI is InChI=1S/C24H31N5O3/c1-6-18(16-10-8-7-9-11-16)29-22-17(12-13-19(25-5)28-22)27-21(23(29)31)26-15-14-20(30)32-24(2,3)4/h7-13,18H,6,14-15H2,1-5H3,(H,25,28)(H,26,27)/t18-/m0/s1. The second-order valence-corrected chi connectivity index (χ2v) is 8.52. The van der Waals surface area contributed by atoms with Crippen molar-refractivity contribution in [2.75, 3.05) is 24.2 Å². The maximum Gasteiger partial charge on any atom is 0.308 e. The summed E-state index contributed by atoms with van der Waals surface area (Å²) in [4.78, 5) is 34.7. The molecule has 0 spiro atoms. The summed E-state index contributed by atoms with van der Waals surface area (Å²) in [6.45, 7) is 7.75. The zero-order valence-electron chi connectivity index (χ0n) is 19.3. The SMILES string of the molecule is CC[C@@H](c1ccccc1)n1c(=O)c(NCCC(=O)OC(C)(C)C)nc2ccc(NC)nc21. The minimum atomic E-state index is -0.550. The molecule has 1 aromatic carbocycles. The molecule has 0 bridgehead atoms. The van der Waals surface area contributed by atoms with Crippen molar-refractivity contribution in [2.24, 2.45) is 0 Å². The van der Waals surface area contributed by atoms with Crippen LogP contribution in [0, 0.1) is 0 Å². The number of benzene rings is 1. The van der Waals surface area contributed by atoms with Gasteiger partial charge in [0, 0.05) is 13.6 Å². The zero-order chi connectivity index (χ0) is 23.3. The summed E-state index contributed by atoms with van der Waals surface area (Å²) < 4.78 is 7.03. The molecule has 0 aliphatic carbocycles. The molecular formula is C24H31N5O3. The normalized spacial score (nSPS) is 12.4. The molecule has 0 saturated carbocycles. The average molecular weight is 438 g/mol. The first-order chi connectivity index (χ1) is 15.2. The first-order valence-corrected chi connectivity index (χ1v) is 10.8. The summed E-state index contributed by atoms with van der Waals surface area (Å²) in [5, 5.41) is 6.05. The fourth-order valence-electron chi connectivity index (χ4n) is 3.55. The summed E-state index contributed by atoms with van der Waals surface area (Å²) in [5.74, 6) is 0.512. The van der Waals surface area contributed by atoms with E-state index in [9.17, 15) is 9.59 Å². The van der Waals surface area contributed by atoms with Gasteiger partial charge in [-0.3, -0.25) is 14.2 Å². The van der Waals surface area contributed by atoms with Gasteiger partial charge in [0.25, 0.3) is 5.56 Å². The van der Waals surface area contributed by atoms with Gasteiger partial charge in [-0.05, 0) is 44.9 Å². The summed E-state index contributed by atoms with van der Waals surface area (Å²) in [7, 11) is 1.78. The van der Waals surface area contributed by atoms with Crippen molar-refractivity contribution in [1.29, 1.82) is 0 Å². The van der Waals surface area contributed by atoms with Gasteiger partial charge in [0.05, 0.1) is 12.5 Å². The Labute approximate surface area is 188 Å². The number of aromatic nitrogens is 3. The van der Waals surface area contributed by atoms with Gasteiger partial charge in [0.1, 0.15) is 16.9 Å². The molecule has 0 aliphatic heterocycles. The van der Waals surface area contributed by atoms with E-state index < -0.39 is 5.60 Å². The molecule has 8 nitrogen and oxygen atoms in total. The second kappa shape index (κ2) is 9.80. The van der Waals surface area contributed by atoms with Crippen LogP contribution in [0.25, 0.3) is 11.2 Å². The molecule has 3 rings (SSSR count). The Bertz CT molecular complexity index is 1140. The molecule has 0 radical (unpaired) electrons. The first-order valence-electron chi connectivity index (χ1n) is 10.8. The molecule has 32 heavy (non-hydrogen) atoms. The third kappa shape index (κ3) is 5.43. The van der Waals surface area contributed by atoms with Gasteiger partial charge in [0.15, 0.2) is 11.5 Å². The van der Waals surface area contributed by atoms with Crippen molar-refractivity contribution < 1.29 is 9.53 Å². The first kappa shape index (κ1) is 23.2. The Morgan fingerprint density at radius 2 is 1.84 bits per heavy atom. The number of carbonyl (C=O) groups is 1. The van der Waals surface area contributed by atoms with Crippen LogP contribution in [-0.2, 0) is 9.53 Å². The molecular weight excluding hydrogens is 406 g/mol. The van der Waals surface area contributed by atoms with Gasteiger partial charge in [-0.2, -0.15) is 0 Å². The average Bonchev–Trinajstić information content (AvgIpc) is 2.75. The minimum Gasteiger partial charge on any atom is -0.460 e. The van der Waals surface area contributed by atoms with E-state index in [0.717, 1.165) is 5.56 Å². The lowest BCUT2D eigenvalue weighted by Gasteiger charge is -2.22. The van der Waals surface area contributed by atoms with E-state index in [1.54, 1.807) is 11.6 Å². The lowest BCUT2D eigenvalue weighted by molar-refractivity contribution is -0.154. The van der Waals surface area contributed by atoms with Crippen LogP contribution in [0.2, 0.25) is 0 Å². The number of rotatable bonds is 8. The van der Waals surface area contributed by atoms with E-state index >= 15 is 0 Å². The molecule has 0 amide bonds. The molecule has 3 aromatic rings. The van der Waals surface area contributed by atoms with Crippen molar-refractivity contribution in [3.63, 3.8) is 0 Å². The number of pyridine rings is 1. The minimum absolute atomic E-state index is 0.128. The molecule has 2 heterocycles. The number of fused-ring (bicyclic) bond motifs is 1. The number of nitrogens with one attached hydrogen (secondary N) is 2. The summed E-state index contributed by atoms with van der Waals surface area (Å²) in [6.07, 6.45) is 0.828. The number of nitrogens with zero attached hydrogens (tertiary/aromatic N) is 3. The molecule has 2 N–H and O–H groups in total. The van der Waals surface area contributed by atoms with Crippen molar-refractivity contribution >= 4 is 28.8 Å². The number of ether oxygens (including phenoxy) is 1. The van der Waals surface area contributed by atoms with Crippen LogP contribution in [0.3, 0.4) is 0 Å². The van der Waals surface area contributed by atoms with E-state index in [1.807, 2.05) is 70.2 Å². The van der Waals surface area contributed by atoms with Crippen molar-refractivity contribution in [1.82, 2.24) is 14.5 Å². The monoisotopic (exact) mass is 437 g/mol. The van der Waals surface area contributed by atoms with Gasteiger partial charge in [-0.1, -0.05) is 37.3 Å². The highest BCUT2D eigenvalue weighted by molar-refractivity contribution is 5.75. The van der Waals surface area contributed by atoms with Crippen molar-refractivity contribution in [2.45, 2.75) is 52.2 Å². The summed E-state index contributed by atoms with van der Waals surface area (Å²) in [6, 6.07) is 13.3. The quantitative estimate of drug-likeness (QED) is 0.515. The molecule has 0 saturated heterocycles. The topological polar surface area (TPSA) is 98.1 Å². The fourth-order valence-corrected chi connectivity index (χ4v) is 3.55. The second-order valence-electron chi connectivity index (χ2n) is 8.52. The summed E-state index contributed by atoms with van der Waals surface area (Å²) in [5.41, 5.74) is 1.29. The maximum atomic E-state index is 13.5. The van der Waals surface area contributed by atoms with Crippen LogP contribution in [0.15, 0.2) is 47.3 Å². The van der Waals surface area contributed by atoms with Crippen LogP contribution in [0.1, 0.15) is 52.1 Å². The van der Waals surface area contributed by atoms with Crippen LogP contribution in [0.4, 0.5) is 11.6 Å². The van der Waals surface area contributed by atoms with Gasteiger partial charge >= 0.3 is 5.97 Å². The Hall–Kier alpha value is -3.42. The number of hydrogen-bond donors (Lipinski definition) is 2. The molecule has 0 aliphatic rings. The molecule has 8 heteroatoms.